The molecule has 12 aromatic rings. The Labute approximate surface area is 358 Å². The summed E-state index contributed by atoms with van der Waals surface area (Å²) in [6.45, 7) is 0. The first kappa shape index (κ1) is 35.2. The number of para-hydroxylation sites is 4. The highest BCUT2D eigenvalue weighted by molar-refractivity contribution is 7.25. The molecular weight excluding hydrogens is 757 g/mol. The molecule has 0 unspecified atom stereocenters. The van der Waals surface area contributed by atoms with Crippen molar-refractivity contribution in [3.63, 3.8) is 0 Å². The van der Waals surface area contributed by atoms with Gasteiger partial charge < -0.3 is 9.47 Å². The van der Waals surface area contributed by atoms with Gasteiger partial charge in [-0.25, -0.2) is 0 Å². The maximum atomic E-state index is 2.44. The summed E-state index contributed by atoms with van der Waals surface area (Å²) in [6, 6.07) is 84.1. The predicted molar refractivity (Wildman–Crippen MR) is 262 cm³/mol. The largest absolute Gasteiger partial charge is 0.309 e. The molecule has 2 heterocycles. The van der Waals surface area contributed by atoms with Gasteiger partial charge in [0, 0.05) is 53.1 Å². The molecule has 0 bridgehead atoms. The molecule has 10 aromatic carbocycles. The van der Waals surface area contributed by atoms with Crippen molar-refractivity contribution >= 4 is 81.1 Å². The molecule has 0 radical (unpaired) electrons. The van der Waals surface area contributed by atoms with Gasteiger partial charge in [0.1, 0.15) is 0 Å². The second kappa shape index (κ2) is 14.5. The zero-order valence-corrected chi connectivity index (χ0v) is 34.1. The lowest BCUT2D eigenvalue weighted by molar-refractivity contribution is 1.18. The molecule has 12 rings (SSSR count). The van der Waals surface area contributed by atoms with Gasteiger partial charge in [0.15, 0.2) is 0 Å². The Morgan fingerprint density at radius 2 is 0.852 bits per heavy atom. The maximum absolute atomic E-state index is 2.44. The molecule has 0 saturated heterocycles. The van der Waals surface area contributed by atoms with Crippen molar-refractivity contribution < 1.29 is 0 Å². The van der Waals surface area contributed by atoms with E-state index in [4.69, 9.17) is 0 Å². The number of fused-ring (bicyclic) bond motifs is 7. The van der Waals surface area contributed by atoms with Gasteiger partial charge in [0.25, 0.3) is 0 Å². The van der Waals surface area contributed by atoms with Crippen molar-refractivity contribution in [1.29, 1.82) is 0 Å². The summed E-state index contributed by atoms with van der Waals surface area (Å²) in [5, 5.41) is 7.58. The van der Waals surface area contributed by atoms with Crippen molar-refractivity contribution in [2.45, 2.75) is 0 Å². The summed E-state index contributed by atoms with van der Waals surface area (Å²) < 4.78 is 5.03. The van der Waals surface area contributed by atoms with Crippen LogP contribution in [0.1, 0.15) is 0 Å². The van der Waals surface area contributed by atoms with Crippen LogP contribution in [0.15, 0.2) is 231 Å². The van der Waals surface area contributed by atoms with E-state index in [2.05, 4.69) is 240 Å². The molecule has 0 N–H and O–H groups in total. The third-order valence-corrected chi connectivity index (χ3v) is 13.4. The zero-order valence-electron chi connectivity index (χ0n) is 33.2. The topological polar surface area (TPSA) is 8.17 Å². The third kappa shape index (κ3) is 5.93. The van der Waals surface area contributed by atoms with Gasteiger partial charge in [0.05, 0.1) is 28.1 Å². The molecule has 3 heteroatoms. The molecule has 2 nitrogen and oxygen atoms in total. The smallest absolute Gasteiger partial charge is 0.0541 e. The Balaban J connectivity index is 0.935. The van der Waals surface area contributed by atoms with Gasteiger partial charge in [-0.05, 0) is 82.2 Å². The SMILES string of the molecule is c1ccc(N(c2ccc(-c3ccc(-c4ccccc4-n4c5ccccc5c5ccccc54)cc3)cc2)c2cccc3ccccc23)c(-c2ccc3c(c2)sc2ccccc23)c1. The number of hydrogen-bond donors (Lipinski definition) is 0. The highest BCUT2D eigenvalue weighted by Gasteiger charge is 2.20. The molecule has 0 fully saturated rings. The fourth-order valence-corrected chi connectivity index (χ4v) is 10.5. The van der Waals surface area contributed by atoms with Crippen LogP contribution in [0.4, 0.5) is 17.1 Å². The minimum absolute atomic E-state index is 1.10. The van der Waals surface area contributed by atoms with Crippen molar-refractivity contribution in [3.05, 3.63) is 231 Å². The van der Waals surface area contributed by atoms with E-state index in [9.17, 15) is 0 Å². The molecule has 0 saturated carbocycles. The third-order valence-electron chi connectivity index (χ3n) is 12.2. The van der Waals surface area contributed by atoms with Crippen molar-refractivity contribution in [3.8, 4) is 39.1 Å². The highest BCUT2D eigenvalue weighted by Crippen LogP contribution is 2.45. The summed E-state index contributed by atoms with van der Waals surface area (Å²) in [7, 11) is 0. The van der Waals surface area contributed by atoms with E-state index in [1.165, 1.54) is 91.8 Å². The van der Waals surface area contributed by atoms with Crippen LogP contribution in [0.5, 0.6) is 0 Å². The van der Waals surface area contributed by atoms with Crippen LogP contribution in [-0.2, 0) is 0 Å². The van der Waals surface area contributed by atoms with E-state index >= 15 is 0 Å². The average molecular weight is 795 g/mol. The maximum Gasteiger partial charge on any atom is 0.0541 e. The lowest BCUT2D eigenvalue weighted by Gasteiger charge is -2.29. The normalized spacial score (nSPS) is 11.6. The first-order valence-electron chi connectivity index (χ1n) is 20.8. The molecule has 0 amide bonds. The monoisotopic (exact) mass is 794 g/mol. The Hall–Kier alpha value is -7.72. The van der Waals surface area contributed by atoms with Gasteiger partial charge in [0.2, 0.25) is 0 Å². The summed E-state index contributed by atoms with van der Waals surface area (Å²) in [5.41, 5.74) is 14.1. The van der Waals surface area contributed by atoms with Crippen LogP contribution in [0.25, 0.3) is 91.8 Å². The number of benzene rings is 10. The molecule has 0 aliphatic carbocycles. The standard InChI is InChI=1S/C58H38N2S/c1-2-16-45-41(14-1)15-13-26-53(45)59(52-22-8-4-18-47(52)43-34-37-51-50-21-7-12-27-57(50)61-58(51)38-43)44-35-32-40(33-36-44)39-28-30-42(31-29-39)46-17-3-9-23-54(46)60-55-24-10-5-19-48(55)49-20-6-11-25-56(49)60/h1-38H. The van der Waals surface area contributed by atoms with Gasteiger partial charge in [-0.15, -0.1) is 11.3 Å². The second-order valence-corrected chi connectivity index (χ2v) is 16.8. The van der Waals surface area contributed by atoms with E-state index < -0.39 is 0 Å². The fourth-order valence-electron chi connectivity index (χ4n) is 9.36. The minimum Gasteiger partial charge on any atom is -0.309 e. The first-order valence-corrected chi connectivity index (χ1v) is 21.7. The minimum atomic E-state index is 1.10. The van der Waals surface area contributed by atoms with Gasteiger partial charge in [-0.3, -0.25) is 0 Å². The Bertz CT molecular complexity index is 3530. The lowest BCUT2D eigenvalue weighted by Crippen LogP contribution is -2.11. The van der Waals surface area contributed by atoms with E-state index in [0.29, 0.717) is 0 Å². The Kier molecular flexibility index (Phi) is 8.39. The Morgan fingerprint density at radius 3 is 1.62 bits per heavy atom. The van der Waals surface area contributed by atoms with Gasteiger partial charge in [-0.1, -0.05) is 176 Å². The molecular formula is C58H38N2S. The van der Waals surface area contributed by atoms with Crippen LogP contribution in [0.2, 0.25) is 0 Å². The van der Waals surface area contributed by atoms with E-state index in [1.54, 1.807) is 0 Å². The van der Waals surface area contributed by atoms with Crippen LogP contribution < -0.4 is 4.90 Å². The quantitative estimate of drug-likeness (QED) is 0.156. The molecule has 0 aliphatic heterocycles. The fraction of sp³-hybridized carbons (Fsp3) is 0. The average Bonchev–Trinajstić information content (AvgIpc) is 3.88. The number of rotatable bonds is 7. The summed E-state index contributed by atoms with van der Waals surface area (Å²) in [4.78, 5) is 2.44. The summed E-state index contributed by atoms with van der Waals surface area (Å²) in [6.07, 6.45) is 0. The number of aromatic nitrogens is 1. The number of thiophene rings is 1. The van der Waals surface area contributed by atoms with E-state index in [1.807, 2.05) is 11.3 Å². The number of anilines is 3. The number of hydrogen-bond acceptors (Lipinski definition) is 2. The molecule has 0 aliphatic rings. The molecule has 286 valence electrons. The zero-order chi connectivity index (χ0) is 40.3. The molecule has 0 spiro atoms. The van der Waals surface area contributed by atoms with Gasteiger partial charge >= 0.3 is 0 Å². The van der Waals surface area contributed by atoms with Crippen LogP contribution in [0.3, 0.4) is 0 Å². The van der Waals surface area contributed by atoms with E-state index in [0.717, 1.165) is 17.1 Å². The summed E-state index contributed by atoms with van der Waals surface area (Å²) in [5.74, 6) is 0. The van der Waals surface area contributed by atoms with Crippen LogP contribution >= 0.6 is 11.3 Å². The predicted octanol–water partition coefficient (Wildman–Crippen LogP) is 16.8. The highest BCUT2D eigenvalue weighted by atomic mass is 32.1. The van der Waals surface area contributed by atoms with Gasteiger partial charge in [-0.2, -0.15) is 0 Å². The lowest BCUT2D eigenvalue weighted by atomic mass is 9.98. The van der Waals surface area contributed by atoms with Crippen molar-refractivity contribution in [1.82, 2.24) is 4.57 Å². The summed E-state index contributed by atoms with van der Waals surface area (Å²) >= 11 is 1.86. The van der Waals surface area contributed by atoms with Crippen molar-refractivity contribution in [2.24, 2.45) is 0 Å². The Morgan fingerprint density at radius 1 is 0.328 bits per heavy atom. The van der Waals surface area contributed by atoms with Crippen LogP contribution in [0, 0.1) is 0 Å². The second-order valence-electron chi connectivity index (χ2n) is 15.7. The molecule has 2 aromatic heterocycles. The van der Waals surface area contributed by atoms with E-state index in [-0.39, 0.29) is 0 Å². The molecule has 61 heavy (non-hydrogen) atoms. The van der Waals surface area contributed by atoms with Crippen LogP contribution in [-0.4, -0.2) is 4.57 Å². The first-order chi connectivity index (χ1) is 30.3. The number of nitrogens with zero attached hydrogens (tertiary/aromatic N) is 2. The van der Waals surface area contributed by atoms with Crippen molar-refractivity contribution in [2.75, 3.05) is 4.90 Å². The molecule has 0 atom stereocenters.